The monoisotopic (exact) mass is 320 g/mol. The number of anilines is 1. The lowest BCUT2D eigenvalue weighted by molar-refractivity contribution is -0.393. The van der Waals surface area contributed by atoms with Gasteiger partial charge in [0.05, 0.1) is 15.9 Å². The number of rotatable bonds is 4. The molecule has 10 heteroatoms. The second-order valence-corrected chi connectivity index (χ2v) is 4.07. The summed E-state index contributed by atoms with van der Waals surface area (Å²) >= 11 is 0. The average molecular weight is 320 g/mol. The zero-order valence-corrected chi connectivity index (χ0v) is 11.6. The van der Waals surface area contributed by atoms with Gasteiger partial charge in [0.2, 0.25) is 0 Å². The van der Waals surface area contributed by atoms with Gasteiger partial charge < -0.3 is 10.5 Å². The van der Waals surface area contributed by atoms with E-state index in [0.717, 1.165) is 12.1 Å². The van der Waals surface area contributed by atoms with Crippen LogP contribution in [-0.2, 0) is 0 Å². The first kappa shape index (κ1) is 17.5. The Morgan fingerprint density at radius 2 is 1.78 bits per heavy atom. The van der Waals surface area contributed by atoms with Crippen molar-refractivity contribution < 1.29 is 19.7 Å². The van der Waals surface area contributed by atoms with Gasteiger partial charge in [0.25, 0.3) is 5.69 Å². The number of phenols is 1. The molecule has 0 aliphatic rings. The molecule has 0 saturated heterocycles. The van der Waals surface area contributed by atoms with E-state index in [4.69, 9.17) is 10.9 Å². The number of nitro groups is 2. The summed E-state index contributed by atoms with van der Waals surface area (Å²) in [7, 11) is 0. The summed E-state index contributed by atoms with van der Waals surface area (Å²) in [5, 5.41) is 29.5. The molecular formula is C13H12N4O6. The van der Waals surface area contributed by atoms with Crippen LogP contribution in [0.4, 0.5) is 17.1 Å². The van der Waals surface area contributed by atoms with Crippen LogP contribution >= 0.6 is 0 Å². The van der Waals surface area contributed by atoms with Crippen LogP contribution in [0.25, 0.3) is 0 Å². The van der Waals surface area contributed by atoms with Crippen molar-refractivity contribution >= 4 is 23.3 Å². The molecule has 0 unspecified atom stereocenters. The number of non-ortho nitro benzene ring substituents is 1. The van der Waals surface area contributed by atoms with Crippen LogP contribution < -0.4 is 11.3 Å². The molecule has 0 fully saturated rings. The van der Waals surface area contributed by atoms with Crippen LogP contribution in [0, 0.1) is 20.2 Å². The Bertz CT molecular complexity index is 734. The fraction of sp³-hybridized carbons (Fsp3) is 0. The largest absolute Gasteiger partial charge is 0.508 e. The Morgan fingerprint density at radius 3 is 2.22 bits per heavy atom. The van der Waals surface area contributed by atoms with Crippen LogP contribution in [0.5, 0.6) is 5.75 Å². The van der Waals surface area contributed by atoms with Gasteiger partial charge in [-0.15, -0.1) is 0 Å². The minimum absolute atomic E-state index is 0.0283. The first-order chi connectivity index (χ1) is 10.9. The molecule has 0 aliphatic heterocycles. The quantitative estimate of drug-likeness (QED) is 0.333. The number of hydrogen-bond acceptors (Lipinski definition) is 8. The van der Waals surface area contributed by atoms with E-state index in [1.165, 1.54) is 18.2 Å². The predicted octanol–water partition coefficient (Wildman–Crippen LogP) is 1.99. The highest BCUT2D eigenvalue weighted by molar-refractivity contribution is 5.75. The van der Waals surface area contributed by atoms with Crippen LogP contribution in [0.3, 0.4) is 0 Å². The molecule has 0 aromatic heterocycles. The second-order valence-electron chi connectivity index (χ2n) is 4.07. The standard InChI is InChI=1S/C7H6O2.C6H6N4O4/c8-5-6-2-1-3-7(9)4-6;7-8-5-2-1-4(9(11)12)3-6(5)10(13)14/h1-5,9H;1-3,8H,7H2. The summed E-state index contributed by atoms with van der Waals surface area (Å²) in [6, 6.07) is 9.33. The van der Waals surface area contributed by atoms with Crippen LogP contribution in [0.15, 0.2) is 42.5 Å². The van der Waals surface area contributed by atoms with Gasteiger partial charge in [-0.3, -0.25) is 30.9 Å². The maximum absolute atomic E-state index is 10.4. The summed E-state index contributed by atoms with van der Waals surface area (Å²) in [5.74, 6) is 5.11. The lowest BCUT2D eigenvalue weighted by Crippen LogP contribution is -2.09. The fourth-order valence-corrected chi connectivity index (χ4v) is 1.50. The maximum Gasteiger partial charge on any atom is 0.300 e. The van der Waals surface area contributed by atoms with E-state index in [-0.39, 0.29) is 17.1 Å². The molecule has 23 heavy (non-hydrogen) atoms. The summed E-state index contributed by atoms with van der Waals surface area (Å²) < 4.78 is 0. The van der Waals surface area contributed by atoms with Crippen molar-refractivity contribution in [2.75, 3.05) is 5.43 Å². The van der Waals surface area contributed by atoms with Crippen molar-refractivity contribution in [1.82, 2.24) is 0 Å². The van der Waals surface area contributed by atoms with Gasteiger partial charge in [-0.25, -0.2) is 0 Å². The van der Waals surface area contributed by atoms with Gasteiger partial charge in [0.15, 0.2) is 0 Å². The number of nitro benzene ring substituents is 2. The molecule has 0 saturated carbocycles. The highest BCUT2D eigenvalue weighted by Gasteiger charge is 2.18. The molecule has 10 nitrogen and oxygen atoms in total. The third-order valence-electron chi connectivity index (χ3n) is 2.55. The molecule has 0 atom stereocenters. The molecule has 2 aromatic carbocycles. The third-order valence-corrected chi connectivity index (χ3v) is 2.55. The van der Waals surface area contributed by atoms with E-state index in [9.17, 15) is 25.0 Å². The highest BCUT2D eigenvalue weighted by Crippen LogP contribution is 2.27. The van der Waals surface area contributed by atoms with Crippen molar-refractivity contribution in [3.05, 3.63) is 68.3 Å². The van der Waals surface area contributed by atoms with E-state index in [1.54, 1.807) is 12.1 Å². The number of carbonyl (C=O) groups is 1. The van der Waals surface area contributed by atoms with E-state index < -0.39 is 15.5 Å². The molecule has 120 valence electrons. The van der Waals surface area contributed by atoms with Crippen molar-refractivity contribution in [1.29, 1.82) is 0 Å². The van der Waals surface area contributed by atoms with Crippen molar-refractivity contribution in [2.24, 2.45) is 5.84 Å². The fourth-order valence-electron chi connectivity index (χ4n) is 1.50. The van der Waals surface area contributed by atoms with E-state index in [0.29, 0.717) is 11.8 Å². The van der Waals surface area contributed by atoms with Gasteiger partial charge >= 0.3 is 5.69 Å². The zero-order valence-electron chi connectivity index (χ0n) is 11.6. The van der Waals surface area contributed by atoms with E-state index >= 15 is 0 Å². The molecule has 0 heterocycles. The normalized spacial score (nSPS) is 9.26. The maximum atomic E-state index is 10.4. The summed E-state index contributed by atoms with van der Waals surface area (Å²) in [6.45, 7) is 0. The Kier molecular flexibility index (Phi) is 6.13. The smallest absolute Gasteiger partial charge is 0.300 e. The number of hydrazine groups is 1. The Balaban J connectivity index is 0.000000253. The second kappa shape index (κ2) is 8.05. The van der Waals surface area contributed by atoms with Crippen molar-refractivity contribution in [3.63, 3.8) is 0 Å². The number of hydrogen-bond donors (Lipinski definition) is 3. The van der Waals surface area contributed by atoms with Crippen LogP contribution in [0.2, 0.25) is 0 Å². The molecule has 0 radical (unpaired) electrons. The highest BCUT2D eigenvalue weighted by atomic mass is 16.6. The van der Waals surface area contributed by atoms with E-state index in [2.05, 4.69) is 5.43 Å². The zero-order chi connectivity index (χ0) is 17.4. The predicted molar refractivity (Wildman–Crippen MR) is 81.1 cm³/mol. The molecule has 0 spiro atoms. The first-order valence-electron chi connectivity index (χ1n) is 6.02. The van der Waals surface area contributed by atoms with Gasteiger partial charge in [0, 0.05) is 11.6 Å². The Morgan fingerprint density at radius 1 is 1.09 bits per heavy atom. The summed E-state index contributed by atoms with van der Waals surface area (Å²) in [4.78, 5) is 29.3. The van der Waals surface area contributed by atoms with Crippen LogP contribution in [0.1, 0.15) is 10.4 Å². The molecule has 0 aliphatic carbocycles. The molecule has 0 amide bonds. The number of nitrogen functional groups attached to an aromatic ring is 1. The van der Waals surface area contributed by atoms with Gasteiger partial charge in [0.1, 0.15) is 17.7 Å². The van der Waals surface area contributed by atoms with Crippen molar-refractivity contribution in [2.45, 2.75) is 0 Å². The van der Waals surface area contributed by atoms with Gasteiger partial charge in [-0.2, -0.15) is 0 Å². The number of nitrogens with one attached hydrogen (secondary N) is 1. The number of benzene rings is 2. The molecule has 0 bridgehead atoms. The minimum Gasteiger partial charge on any atom is -0.508 e. The molecule has 2 rings (SSSR count). The average Bonchev–Trinajstić information content (AvgIpc) is 2.54. The lowest BCUT2D eigenvalue weighted by Gasteiger charge is -2.00. The Labute approximate surface area is 129 Å². The summed E-state index contributed by atoms with van der Waals surface area (Å²) in [6.07, 6.45) is 0.694. The number of phenolic OH excluding ortho intramolecular Hbond substituents is 1. The van der Waals surface area contributed by atoms with Crippen molar-refractivity contribution in [3.8, 4) is 5.75 Å². The minimum atomic E-state index is -0.748. The van der Waals surface area contributed by atoms with Gasteiger partial charge in [-0.05, 0) is 18.2 Å². The number of nitrogens with zero attached hydrogens (tertiary/aromatic N) is 2. The van der Waals surface area contributed by atoms with Crippen LogP contribution in [-0.4, -0.2) is 21.2 Å². The number of aldehydes is 1. The molecular weight excluding hydrogens is 308 g/mol. The molecule has 2 aromatic rings. The SMILES string of the molecule is NNc1ccc([N+](=O)[O-])cc1[N+](=O)[O-].O=Cc1cccc(O)c1. The number of aromatic hydroxyl groups is 1. The third kappa shape index (κ3) is 5.06. The number of carbonyl (C=O) groups excluding carboxylic acids is 1. The topological polar surface area (TPSA) is 162 Å². The van der Waals surface area contributed by atoms with Gasteiger partial charge in [-0.1, -0.05) is 12.1 Å². The Hall–Kier alpha value is -3.53. The summed E-state index contributed by atoms with van der Waals surface area (Å²) in [5.41, 5.74) is 1.82. The first-order valence-corrected chi connectivity index (χ1v) is 6.02. The number of nitrogens with two attached hydrogens (primary N) is 1. The van der Waals surface area contributed by atoms with E-state index in [1.807, 2.05) is 0 Å². The molecule has 4 N–H and O–H groups in total. The lowest BCUT2D eigenvalue weighted by atomic mass is 10.2.